The summed E-state index contributed by atoms with van der Waals surface area (Å²) in [6, 6.07) is 10.2. The lowest BCUT2D eigenvalue weighted by Gasteiger charge is -2.32. The van der Waals surface area contributed by atoms with E-state index in [0.29, 0.717) is 54.0 Å². The van der Waals surface area contributed by atoms with Crippen molar-refractivity contribution < 1.29 is 28.5 Å². The number of likely N-dealkylation sites (tertiary alicyclic amines) is 1. The zero-order chi connectivity index (χ0) is 24.5. The van der Waals surface area contributed by atoms with Gasteiger partial charge in [0.1, 0.15) is 5.75 Å². The Labute approximate surface area is 199 Å². The molecule has 1 aliphatic heterocycles. The zero-order valence-corrected chi connectivity index (χ0v) is 20.0. The van der Waals surface area contributed by atoms with Gasteiger partial charge >= 0.3 is 12.1 Å². The monoisotopic (exact) mass is 472 g/mol. The highest BCUT2D eigenvalue weighted by atomic mass is 16.5. The average Bonchev–Trinajstić information content (AvgIpc) is 2.87. The molecule has 0 saturated carbocycles. The summed E-state index contributed by atoms with van der Waals surface area (Å²) in [5, 5.41) is 8.60. The number of urea groups is 2. The lowest BCUT2D eigenvalue weighted by atomic mass is 9.97. The van der Waals surface area contributed by atoms with E-state index in [1.54, 1.807) is 36.3 Å². The number of para-hydroxylation sites is 2. The molecule has 1 saturated heterocycles. The summed E-state index contributed by atoms with van der Waals surface area (Å²) >= 11 is 0. The minimum atomic E-state index is -0.328. The Hall–Kier alpha value is -3.82. The van der Waals surface area contributed by atoms with Crippen LogP contribution in [0.15, 0.2) is 36.4 Å². The molecule has 0 unspecified atom stereocenters. The minimum absolute atomic E-state index is 0.156. The summed E-state index contributed by atoms with van der Waals surface area (Å²) in [7, 11) is 6.13. The zero-order valence-electron chi connectivity index (χ0n) is 20.0. The number of piperidine rings is 1. The van der Waals surface area contributed by atoms with E-state index < -0.39 is 0 Å². The van der Waals surface area contributed by atoms with Gasteiger partial charge in [0.2, 0.25) is 5.75 Å². The first-order chi connectivity index (χ1) is 16.5. The van der Waals surface area contributed by atoms with Crippen LogP contribution in [-0.2, 0) is 0 Å². The van der Waals surface area contributed by atoms with Crippen molar-refractivity contribution >= 4 is 23.4 Å². The Morgan fingerprint density at radius 1 is 0.882 bits per heavy atom. The molecule has 10 heteroatoms. The largest absolute Gasteiger partial charge is 0.495 e. The second-order valence-electron chi connectivity index (χ2n) is 7.81. The predicted molar refractivity (Wildman–Crippen MR) is 129 cm³/mol. The van der Waals surface area contributed by atoms with Crippen LogP contribution in [0, 0.1) is 5.92 Å². The number of rotatable bonds is 8. The number of carbonyl (C=O) groups is 2. The fraction of sp³-hybridized carbons (Fsp3) is 0.417. The highest BCUT2D eigenvalue weighted by Crippen LogP contribution is 2.39. The van der Waals surface area contributed by atoms with Gasteiger partial charge in [-0.05, 0) is 30.9 Å². The molecule has 10 nitrogen and oxygen atoms in total. The van der Waals surface area contributed by atoms with Gasteiger partial charge in [-0.15, -0.1) is 0 Å². The third-order valence-electron chi connectivity index (χ3n) is 5.72. The molecule has 0 aromatic heterocycles. The van der Waals surface area contributed by atoms with Crippen LogP contribution in [0.4, 0.5) is 21.0 Å². The first-order valence-electron chi connectivity index (χ1n) is 11.0. The Balaban J connectivity index is 1.46. The van der Waals surface area contributed by atoms with Crippen molar-refractivity contribution in [1.29, 1.82) is 0 Å². The van der Waals surface area contributed by atoms with E-state index in [4.69, 9.17) is 18.9 Å². The maximum Gasteiger partial charge on any atom is 0.321 e. The molecular formula is C24H32N4O6. The molecule has 0 spiro atoms. The van der Waals surface area contributed by atoms with Crippen LogP contribution in [0.25, 0.3) is 0 Å². The van der Waals surface area contributed by atoms with Crippen LogP contribution in [-0.4, -0.2) is 65.0 Å². The van der Waals surface area contributed by atoms with Gasteiger partial charge < -0.3 is 39.8 Å². The number of ether oxygens (including phenoxy) is 4. The summed E-state index contributed by atoms with van der Waals surface area (Å²) in [5.41, 5.74) is 1.16. The van der Waals surface area contributed by atoms with Crippen molar-refractivity contribution in [3.8, 4) is 23.0 Å². The van der Waals surface area contributed by atoms with Crippen molar-refractivity contribution in [2.75, 3.05) is 58.7 Å². The molecule has 1 aliphatic rings. The van der Waals surface area contributed by atoms with Crippen molar-refractivity contribution in [2.24, 2.45) is 5.92 Å². The second-order valence-corrected chi connectivity index (χ2v) is 7.81. The maximum absolute atomic E-state index is 12.6. The number of hydrogen-bond donors (Lipinski definition) is 3. The standard InChI is InChI=1S/C24H32N4O6/c1-31-19-8-6-5-7-18(19)27-24(30)28-11-9-16(10-12-28)15-25-23(29)26-17-13-20(32-2)22(34-4)21(14-17)33-3/h5-8,13-14,16H,9-12,15H2,1-4H3,(H,27,30)(H2,25,26,29). The van der Waals surface area contributed by atoms with E-state index >= 15 is 0 Å². The Morgan fingerprint density at radius 2 is 1.50 bits per heavy atom. The lowest BCUT2D eigenvalue weighted by Crippen LogP contribution is -2.43. The van der Waals surface area contributed by atoms with E-state index in [1.807, 2.05) is 12.1 Å². The predicted octanol–water partition coefficient (Wildman–Crippen LogP) is 3.79. The molecular weight excluding hydrogens is 440 g/mol. The molecule has 0 aliphatic carbocycles. The van der Waals surface area contributed by atoms with Crippen LogP contribution in [0.5, 0.6) is 23.0 Å². The number of hydrogen-bond acceptors (Lipinski definition) is 6. The molecule has 2 aromatic carbocycles. The smallest absolute Gasteiger partial charge is 0.321 e. The second kappa shape index (κ2) is 11.9. The normalized spacial score (nSPS) is 13.6. The summed E-state index contributed by atoms with van der Waals surface area (Å²) in [4.78, 5) is 26.8. The number of carbonyl (C=O) groups excluding carboxylic acids is 2. The van der Waals surface area contributed by atoms with Crippen molar-refractivity contribution in [3.05, 3.63) is 36.4 Å². The maximum atomic E-state index is 12.6. The Bertz CT molecular complexity index is 966. The molecule has 1 fully saturated rings. The van der Waals surface area contributed by atoms with Crippen molar-refractivity contribution in [3.63, 3.8) is 0 Å². The van der Waals surface area contributed by atoms with Gasteiger partial charge in [-0.25, -0.2) is 9.59 Å². The van der Waals surface area contributed by atoms with Crippen LogP contribution >= 0.6 is 0 Å². The van der Waals surface area contributed by atoms with Crippen LogP contribution in [0.3, 0.4) is 0 Å². The molecule has 184 valence electrons. The number of nitrogens with one attached hydrogen (secondary N) is 3. The summed E-state index contributed by atoms with van der Waals surface area (Å²) < 4.78 is 21.2. The summed E-state index contributed by atoms with van der Waals surface area (Å²) in [6.45, 7) is 1.74. The molecule has 0 bridgehead atoms. The van der Waals surface area contributed by atoms with Gasteiger partial charge in [0, 0.05) is 31.8 Å². The molecule has 1 heterocycles. The summed E-state index contributed by atoms with van der Waals surface area (Å²) in [5.74, 6) is 2.26. The van der Waals surface area contributed by atoms with E-state index in [1.165, 1.54) is 21.3 Å². The van der Waals surface area contributed by atoms with E-state index in [9.17, 15) is 9.59 Å². The fourth-order valence-corrected chi connectivity index (χ4v) is 3.85. The van der Waals surface area contributed by atoms with Gasteiger partial charge in [0.25, 0.3) is 0 Å². The van der Waals surface area contributed by atoms with E-state index in [2.05, 4.69) is 16.0 Å². The first kappa shape index (κ1) is 24.8. The molecule has 2 aromatic rings. The highest BCUT2D eigenvalue weighted by Gasteiger charge is 2.24. The molecule has 34 heavy (non-hydrogen) atoms. The van der Waals surface area contributed by atoms with Crippen LogP contribution in [0.1, 0.15) is 12.8 Å². The fourth-order valence-electron chi connectivity index (χ4n) is 3.85. The molecule has 0 radical (unpaired) electrons. The molecule has 0 atom stereocenters. The quantitative estimate of drug-likeness (QED) is 0.539. The third kappa shape index (κ3) is 6.15. The van der Waals surface area contributed by atoms with Crippen molar-refractivity contribution in [1.82, 2.24) is 10.2 Å². The first-order valence-corrected chi connectivity index (χ1v) is 11.0. The number of amides is 4. The topological polar surface area (TPSA) is 110 Å². The average molecular weight is 473 g/mol. The SMILES string of the molecule is COc1ccccc1NC(=O)N1CCC(CNC(=O)Nc2cc(OC)c(OC)c(OC)c2)CC1. The van der Waals surface area contributed by atoms with Crippen LogP contribution in [0.2, 0.25) is 0 Å². The Kier molecular flexibility index (Phi) is 8.66. The highest BCUT2D eigenvalue weighted by molar-refractivity contribution is 5.91. The lowest BCUT2D eigenvalue weighted by molar-refractivity contribution is 0.181. The van der Waals surface area contributed by atoms with Gasteiger partial charge in [-0.3, -0.25) is 0 Å². The summed E-state index contributed by atoms with van der Waals surface area (Å²) in [6.07, 6.45) is 1.59. The number of anilines is 2. The van der Waals surface area contributed by atoms with Gasteiger partial charge in [-0.1, -0.05) is 12.1 Å². The molecule has 3 N–H and O–H groups in total. The number of methoxy groups -OCH3 is 4. The van der Waals surface area contributed by atoms with Crippen LogP contribution < -0.4 is 34.9 Å². The van der Waals surface area contributed by atoms with Crippen molar-refractivity contribution in [2.45, 2.75) is 12.8 Å². The third-order valence-corrected chi connectivity index (χ3v) is 5.72. The van der Waals surface area contributed by atoms with E-state index in [-0.39, 0.29) is 18.0 Å². The number of benzene rings is 2. The van der Waals surface area contributed by atoms with Gasteiger partial charge in [0.15, 0.2) is 11.5 Å². The molecule has 4 amide bonds. The minimum Gasteiger partial charge on any atom is -0.495 e. The number of nitrogens with zero attached hydrogens (tertiary/aromatic N) is 1. The van der Waals surface area contributed by atoms with E-state index in [0.717, 1.165) is 12.8 Å². The Morgan fingerprint density at radius 3 is 2.09 bits per heavy atom. The molecule has 3 rings (SSSR count). The van der Waals surface area contributed by atoms with Gasteiger partial charge in [-0.2, -0.15) is 0 Å². The van der Waals surface area contributed by atoms with Gasteiger partial charge in [0.05, 0.1) is 39.8 Å².